The Morgan fingerprint density at radius 3 is 2.50 bits per heavy atom. The Morgan fingerprint density at radius 1 is 1.20 bits per heavy atom. The van der Waals surface area contributed by atoms with Gasteiger partial charge in [-0.2, -0.15) is 5.26 Å². The molecule has 0 atom stereocenters. The number of nitrogens with zero attached hydrogens (tertiary/aromatic N) is 2. The van der Waals surface area contributed by atoms with Crippen LogP contribution in [0.5, 0.6) is 11.5 Å². The predicted octanol–water partition coefficient (Wildman–Crippen LogP) is 2.80. The zero-order valence-corrected chi connectivity index (χ0v) is 12.3. The summed E-state index contributed by atoms with van der Waals surface area (Å²) in [6.45, 7) is 3.04. The molecule has 0 N–H and O–H groups in total. The molecule has 0 aliphatic carbocycles. The van der Waals surface area contributed by atoms with Crippen LogP contribution in [0, 0.1) is 11.3 Å². The minimum atomic E-state index is 0.577. The number of hydrogen-bond donors (Lipinski definition) is 0. The van der Waals surface area contributed by atoms with Crippen LogP contribution in [-0.2, 0) is 0 Å². The fourth-order valence-corrected chi connectivity index (χ4v) is 2.80. The van der Waals surface area contributed by atoms with E-state index in [1.165, 1.54) is 5.56 Å². The quantitative estimate of drug-likeness (QED) is 0.828. The Bertz CT molecular complexity index is 474. The van der Waals surface area contributed by atoms with Crippen molar-refractivity contribution >= 4 is 0 Å². The van der Waals surface area contributed by atoms with Crippen LogP contribution in [0.3, 0.4) is 0 Å². The first-order chi connectivity index (χ1) is 9.78. The van der Waals surface area contributed by atoms with Gasteiger partial charge >= 0.3 is 0 Å². The second kappa shape index (κ2) is 7.16. The third-order valence-electron chi connectivity index (χ3n) is 4.01. The van der Waals surface area contributed by atoms with Crippen LogP contribution in [0.15, 0.2) is 18.2 Å². The fraction of sp³-hybridized carbons (Fsp3) is 0.562. The predicted molar refractivity (Wildman–Crippen MR) is 78.2 cm³/mol. The monoisotopic (exact) mass is 274 g/mol. The molecule has 20 heavy (non-hydrogen) atoms. The average molecular weight is 274 g/mol. The summed E-state index contributed by atoms with van der Waals surface area (Å²) >= 11 is 0. The molecule has 4 heteroatoms. The molecule has 0 spiro atoms. The van der Waals surface area contributed by atoms with Crippen molar-refractivity contribution in [2.75, 3.05) is 33.9 Å². The van der Waals surface area contributed by atoms with Crippen molar-refractivity contribution in [1.29, 1.82) is 5.26 Å². The maximum Gasteiger partial charge on any atom is 0.160 e. The van der Waals surface area contributed by atoms with Gasteiger partial charge in [-0.1, -0.05) is 6.07 Å². The van der Waals surface area contributed by atoms with Gasteiger partial charge in [0.1, 0.15) is 0 Å². The summed E-state index contributed by atoms with van der Waals surface area (Å²) < 4.78 is 10.6. The van der Waals surface area contributed by atoms with Crippen molar-refractivity contribution in [3.05, 3.63) is 23.8 Å². The van der Waals surface area contributed by atoms with E-state index in [0.29, 0.717) is 12.3 Å². The number of methoxy groups -OCH3 is 2. The molecule has 0 amide bonds. The van der Waals surface area contributed by atoms with Crippen LogP contribution < -0.4 is 9.47 Å². The molecule has 0 aromatic heterocycles. The minimum Gasteiger partial charge on any atom is -0.493 e. The van der Waals surface area contributed by atoms with E-state index in [-0.39, 0.29) is 0 Å². The standard InChI is InChI=1S/C16H22N2O2/c1-19-15-5-4-14(12-16(15)20-2)13-6-10-18(11-7-13)9-3-8-17/h4-5,12-13H,3,6-7,9-11H2,1-2H3. The molecular weight excluding hydrogens is 252 g/mol. The first-order valence-corrected chi connectivity index (χ1v) is 7.09. The molecule has 1 aromatic rings. The Hall–Kier alpha value is -1.73. The summed E-state index contributed by atoms with van der Waals surface area (Å²) in [5, 5.41) is 8.63. The maximum atomic E-state index is 8.63. The van der Waals surface area contributed by atoms with E-state index in [4.69, 9.17) is 14.7 Å². The molecule has 1 aliphatic heterocycles. The highest BCUT2D eigenvalue weighted by Gasteiger charge is 2.21. The van der Waals surface area contributed by atoms with E-state index < -0.39 is 0 Å². The molecule has 1 saturated heterocycles. The zero-order chi connectivity index (χ0) is 14.4. The number of nitriles is 1. The Kier molecular flexibility index (Phi) is 5.25. The highest BCUT2D eigenvalue weighted by molar-refractivity contribution is 5.44. The largest absolute Gasteiger partial charge is 0.493 e. The van der Waals surface area contributed by atoms with Crippen LogP contribution in [0.25, 0.3) is 0 Å². The van der Waals surface area contributed by atoms with E-state index in [9.17, 15) is 0 Å². The molecule has 0 unspecified atom stereocenters. The molecule has 1 aliphatic rings. The Labute approximate surface area is 120 Å². The lowest BCUT2D eigenvalue weighted by Gasteiger charge is -2.31. The summed E-state index contributed by atoms with van der Waals surface area (Å²) in [5.41, 5.74) is 1.32. The van der Waals surface area contributed by atoms with Crippen LogP contribution in [0.4, 0.5) is 0 Å². The van der Waals surface area contributed by atoms with Crippen molar-refractivity contribution in [1.82, 2.24) is 4.90 Å². The topological polar surface area (TPSA) is 45.5 Å². The highest BCUT2D eigenvalue weighted by Crippen LogP contribution is 2.34. The summed E-state index contributed by atoms with van der Waals surface area (Å²) in [5.74, 6) is 2.16. The minimum absolute atomic E-state index is 0.577. The number of hydrogen-bond acceptors (Lipinski definition) is 4. The fourth-order valence-electron chi connectivity index (χ4n) is 2.80. The van der Waals surface area contributed by atoms with Crippen LogP contribution in [-0.4, -0.2) is 38.8 Å². The molecule has 0 saturated carbocycles. The number of rotatable bonds is 5. The zero-order valence-electron chi connectivity index (χ0n) is 12.3. The summed E-state index contributed by atoms with van der Waals surface area (Å²) in [6.07, 6.45) is 2.91. The van der Waals surface area contributed by atoms with E-state index in [0.717, 1.165) is 44.0 Å². The van der Waals surface area contributed by atoms with E-state index in [2.05, 4.69) is 23.1 Å². The Morgan fingerprint density at radius 2 is 1.90 bits per heavy atom. The van der Waals surface area contributed by atoms with Crippen molar-refractivity contribution in [2.45, 2.75) is 25.2 Å². The lowest BCUT2D eigenvalue weighted by Crippen LogP contribution is -2.33. The number of piperidine rings is 1. The van der Waals surface area contributed by atoms with Crippen molar-refractivity contribution < 1.29 is 9.47 Å². The van der Waals surface area contributed by atoms with Gasteiger partial charge < -0.3 is 14.4 Å². The van der Waals surface area contributed by atoms with Crippen molar-refractivity contribution in [3.63, 3.8) is 0 Å². The van der Waals surface area contributed by atoms with Gasteiger partial charge in [0.15, 0.2) is 11.5 Å². The number of benzene rings is 1. The van der Waals surface area contributed by atoms with E-state index >= 15 is 0 Å². The molecule has 0 bridgehead atoms. The molecule has 108 valence electrons. The average Bonchev–Trinajstić information content (AvgIpc) is 2.52. The van der Waals surface area contributed by atoms with Gasteiger partial charge in [0.2, 0.25) is 0 Å². The molecule has 1 aromatic carbocycles. The van der Waals surface area contributed by atoms with Gasteiger partial charge in [-0.15, -0.1) is 0 Å². The normalized spacial score (nSPS) is 16.6. The second-order valence-corrected chi connectivity index (χ2v) is 5.14. The first kappa shape index (κ1) is 14.7. The molecule has 1 fully saturated rings. The molecule has 4 nitrogen and oxygen atoms in total. The summed E-state index contributed by atoms with van der Waals surface area (Å²) in [6, 6.07) is 8.42. The van der Waals surface area contributed by atoms with Gasteiger partial charge in [-0.3, -0.25) is 0 Å². The molecule has 2 rings (SSSR count). The molecule has 1 heterocycles. The molecular formula is C16H22N2O2. The third-order valence-corrected chi connectivity index (χ3v) is 4.01. The summed E-state index contributed by atoms with van der Waals surface area (Å²) in [7, 11) is 3.33. The highest BCUT2D eigenvalue weighted by atomic mass is 16.5. The van der Waals surface area contributed by atoms with Crippen molar-refractivity contribution in [2.24, 2.45) is 0 Å². The lowest BCUT2D eigenvalue weighted by molar-refractivity contribution is 0.216. The van der Waals surface area contributed by atoms with E-state index in [1.807, 2.05) is 6.07 Å². The smallest absolute Gasteiger partial charge is 0.160 e. The van der Waals surface area contributed by atoms with Gasteiger partial charge in [-0.25, -0.2) is 0 Å². The van der Waals surface area contributed by atoms with Crippen LogP contribution in [0.1, 0.15) is 30.7 Å². The van der Waals surface area contributed by atoms with Crippen LogP contribution in [0.2, 0.25) is 0 Å². The molecule has 0 radical (unpaired) electrons. The van der Waals surface area contributed by atoms with E-state index in [1.54, 1.807) is 14.2 Å². The maximum absolute atomic E-state index is 8.63. The first-order valence-electron chi connectivity index (χ1n) is 7.09. The third kappa shape index (κ3) is 3.43. The van der Waals surface area contributed by atoms with Gasteiger partial charge in [0.05, 0.1) is 20.3 Å². The number of ether oxygens (including phenoxy) is 2. The van der Waals surface area contributed by atoms with Crippen molar-refractivity contribution in [3.8, 4) is 17.6 Å². The Balaban J connectivity index is 1.98. The van der Waals surface area contributed by atoms with Crippen LogP contribution >= 0.6 is 0 Å². The van der Waals surface area contributed by atoms with Gasteiger partial charge in [0.25, 0.3) is 0 Å². The lowest BCUT2D eigenvalue weighted by atomic mass is 9.89. The SMILES string of the molecule is COc1ccc(C2CCN(CCC#N)CC2)cc1OC. The second-order valence-electron chi connectivity index (χ2n) is 5.14. The van der Waals surface area contributed by atoms with Gasteiger partial charge in [0, 0.05) is 13.0 Å². The van der Waals surface area contributed by atoms with Gasteiger partial charge in [-0.05, 0) is 49.5 Å². The summed E-state index contributed by atoms with van der Waals surface area (Å²) in [4.78, 5) is 2.38. The number of likely N-dealkylation sites (tertiary alicyclic amines) is 1.